The topological polar surface area (TPSA) is 64.8 Å². The van der Waals surface area contributed by atoms with E-state index in [4.69, 9.17) is 15.2 Å². The Balaban J connectivity index is 2.17. The van der Waals surface area contributed by atoms with Crippen molar-refractivity contribution >= 4 is 11.6 Å². The average Bonchev–Trinajstić information content (AvgIpc) is 2.49. The van der Waals surface area contributed by atoms with Gasteiger partial charge in [-0.1, -0.05) is 6.07 Å². The van der Waals surface area contributed by atoms with E-state index >= 15 is 0 Å². The second kappa shape index (κ2) is 7.31. The fraction of sp³-hybridized carbons (Fsp3) is 0.562. The maximum Gasteiger partial charge on any atom is 0.257 e. The van der Waals surface area contributed by atoms with Crippen LogP contribution < -0.4 is 10.5 Å². The van der Waals surface area contributed by atoms with E-state index < -0.39 is 0 Å². The molecular weight excluding hydrogens is 268 g/mol. The number of carbonyl (C=O) groups is 1. The normalized spacial score (nSPS) is 18.6. The molecule has 1 amide bonds. The monoisotopic (exact) mass is 292 g/mol. The van der Waals surface area contributed by atoms with Gasteiger partial charge in [0.05, 0.1) is 24.0 Å². The number of piperidine rings is 1. The summed E-state index contributed by atoms with van der Waals surface area (Å²) in [6.45, 7) is 6.40. The van der Waals surface area contributed by atoms with Crippen molar-refractivity contribution in [1.29, 1.82) is 0 Å². The van der Waals surface area contributed by atoms with Crippen molar-refractivity contribution in [2.45, 2.75) is 32.8 Å². The minimum atomic E-state index is -0.0323. The molecule has 1 fully saturated rings. The third-order valence-corrected chi connectivity index (χ3v) is 3.63. The number of amides is 1. The number of hydrogen-bond acceptors (Lipinski definition) is 4. The van der Waals surface area contributed by atoms with Gasteiger partial charge in [-0.2, -0.15) is 0 Å². The zero-order valence-electron chi connectivity index (χ0n) is 12.8. The molecule has 0 aromatic heterocycles. The summed E-state index contributed by atoms with van der Waals surface area (Å²) in [5.41, 5.74) is 6.97. The molecule has 2 N–H and O–H groups in total. The Hall–Kier alpha value is -1.75. The molecule has 0 bridgehead atoms. The van der Waals surface area contributed by atoms with Crippen LogP contribution in [-0.4, -0.2) is 43.2 Å². The van der Waals surface area contributed by atoms with Gasteiger partial charge >= 0.3 is 0 Å². The van der Waals surface area contributed by atoms with E-state index in [9.17, 15) is 4.79 Å². The molecule has 1 saturated heterocycles. The van der Waals surface area contributed by atoms with Crippen molar-refractivity contribution in [3.05, 3.63) is 23.8 Å². The summed E-state index contributed by atoms with van der Waals surface area (Å²) in [6.07, 6.45) is 2.10. The van der Waals surface area contributed by atoms with Crippen LogP contribution in [0.3, 0.4) is 0 Å². The first-order valence-electron chi connectivity index (χ1n) is 7.59. The lowest BCUT2D eigenvalue weighted by molar-refractivity contribution is 0.00712. The molecule has 1 aliphatic rings. The summed E-state index contributed by atoms with van der Waals surface area (Å²) in [7, 11) is 0. The maximum atomic E-state index is 12.7. The summed E-state index contributed by atoms with van der Waals surface area (Å²) >= 11 is 0. The van der Waals surface area contributed by atoms with Crippen LogP contribution in [0.15, 0.2) is 18.2 Å². The van der Waals surface area contributed by atoms with Gasteiger partial charge in [0, 0.05) is 19.7 Å². The number of carbonyl (C=O) groups excluding carboxylic acids is 1. The highest BCUT2D eigenvalue weighted by Crippen LogP contribution is 2.28. The van der Waals surface area contributed by atoms with Crippen molar-refractivity contribution < 1.29 is 14.3 Å². The summed E-state index contributed by atoms with van der Waals surface area (Å²) < 4.78 is 11.2. The second-order valence-corrected chi connectivity index (χ2v) is 5.13. The first-order chi connectivity index (χ1) is 10.2. The SMILES string of the molecule is CCOc1c(N)cccc1C(=O)N1CCCC(OCC)C1. The van der Waals surface area contributed by atoms with Crippen LogP contribution in [0.25, 0.3) is 0 Å². The molecule has 1 aliphatic heterocycles. The van der Waals surface area contributed by atoms with Gasteiger partial charge in [-0.3, -0.25) is 4.79 Å². The van der Waals surface area contributed by atoms with Gasteiger partial charge in [-0.05, 0) is 38.8 Å². The van der Waals surface area contributed by atoms with Crippen molar-refractivity contribution in [3.63, 3.8) is 0 Å². The van der Waals surface area contributed by atoms with E-state index in [0.717, 1.165) is 19.4 Å². The van der Waals surface area contributed by atoms with Crippen LogP contribution in [0.1, 0.15) is 37.0 Å². The minimum absolute atomic E-state index is 0.0323. The van der Waals surface area contributed by atoms with Crippen molar-refractivity contribution in [3.8, 4) is 5.75 Å². The molecule has 1 atom stereocenters. The molecule has 0 aliphatic carbocycles. The largest absolute Gasteiger partial charge is 0.491 e. The summed E-state index contributed by atoms with van der Waals surface area (Å²) in [5.74, 6) is 0.457. The molecule has 0 radical (unpaired) electrons. The van der Waals surface area contributed by atoms with Gasteiger partial charge in [-0.15, -0.1) is 0 Å². The van der Waals surface area contributed by atoms with Crippen LogP contribution in [0.4, 0.5) is 5.69 Å². The summed E-state index contributed by atoms with van der Waals surface area (Å²) in [4.78, 5) is 14.6. The lowest BCUT2D eigenvalue weighted by Gasteiger charge is -2.33. The van der Waals surface area contributed by atoms with Crippen LogP contribution in [0.2, 0.25) is 0 Å². The van der Waals surface area contributed by atoms with E-state index in [1.807, 2.05) is 18.7 Å². The van der Waals surface area contributed by atoms with Gasteiger partial charge < -0.3 is 20.1 Å². The van der Waals surface area contributed by atoms with Gasteiger partial charge in [0.2, 0.25) is 0 Å². The second-order valence-electron chi connectivity index (χ2n) is 5.13. The Morgan fingerprint density at radius 1 is 1.38 bits per heavy atom. The lowest BCUT2D eigenvalue weighted by atomic mass is 10.1. The molecule has 1 aromatic carbocycles. The van der Waals surface area contributed by atoms with Gasteiger partial charge in [0.15, 0.2) is 5.75 Å². The van der Waals surface area contributed by atoms with E-state index in [1.54, 1.807) is 18.2 Å². The third kappa shape index (κ3) is 3.67. The molecule has 0 spiro atoms. The summed E-state index contributed by atoms with van der Waals surface area (Å²) in [5, 5.41) is 0. The molecule has 0 saturated carbocycles. The Bertz CT molecular complexity index is 488. The minimum Gasteiger partial charge on any atom is -0.491 e. The van der Waals surface area contributed by atoms with Crippen molar-refractivity contribution in [2.24, 2.45) is 0 Å². The number of hydrogen-bond donors (Lipinski definition) is 1. The van der Waals surface area contributed by atoms with Crippen LogP contribution >= 0.6 is 0 Å². The number of nitrogens with two attached hydrogens (primary N) is 1. The third-order valence-electron chi connectivity index (χ3n) is 3.63. The van der Waals surface area contributed by atoms with Gasteiger partial charge in [-0.25, -0.2) is 0 Å². The highest BCUT2D eigenvalue weighted by atomic mass is 16.5. The molecule has 116 valence electrons. The maximum absolute atomic E-state index is 12.7. The molecular formula is C16H24N2O3. The van der Waals surface area contributed by atoms with Crippen molar-refractivity contribution in [1.82, 2.24) is 4.90 Å². The number of benzene rings is 1. The average molecular weight is 292 g/mol. The number of ether oxygens (including phenoxy) is 2. The highest BCUT2D eigenvalue weighted by Gasteiger charge is 2.27. The van der Waals surface area contributed by atoms with Crippen molar-refractivity contribution in [2.75, 3.05) is 32.0 Å². The fourth-order valence-corrected chi connectivity index (χ4v) is 2.69. The molecule has 21 heavy (non-hydrogen) atoms. The number of nitrogens with zero attached hydrogens (tertiary/aromatic N) is 1. The highest BCUT2D eigenvalue weighted by molar-refractivity contribution is 5.98. The Labute approximate surface area is 126 Å². The summed E-state index contributed by atoms with van der Waals surface area (Å²) in [6, 6.07) is 5.31. The Morgan fingerprint density at radius 3 is 2.90 bits per heavy atom. The van der Waals surface area contributed by atoms with Crippen LogP contribution in [-0.2, 0) is 4.74 Å². The molecule has 1 unspecified atom stereocenters. The predicted octanol–water partition coefficient (Wildman–Crippen LogP) is 2.31. The van der Waals surface area contributed by atoms with Crippen LogP contribution in [0.5, 0.6) is 5.75 Å². The number of anilines is 1. The molecule has 5 heteroatoms. The zero-order chi connectivity index (χ0) is 15.2. The number of para-hydroxylation sites is 1. The molecule has 1 aromatic rings. The van der Waals surface area contributed by atoms with Gasteiger partial charge in [0.1, 0.15) is 0 Å². The fourth-order valence-electron chi connectivity index (χ4n) is 2.69. The number of rotatable bonds is 5. The number of likely N-dealkylation sites (tertiary alicyclic amines) is 1. The van der Waals surface area contributed by atoms with E-state index in [1.165, 1.54) is 0 Å². The number of nitrogen functional groups attached to an aromatic ring is 1. The first-order valence-corrected chi connectivity index (χ1v) is 7.59. The Kier molecular flexibility index (Phi) is 5.44. The van der Waals surface area contributed by atoms with E-state index in [2.05, 4.69) is 0 Å². The van der Waals surface area contributed by atoms with Gasteiger partial charge in [0.25, 0.3) is 5.91 Å². The van der Waals surface area contributed by atoms with Crippen LogP contribution in [0, 0.1) is 0 Å². The molecule has 1 heterocycles. The van der Waals surface area contributed by atoms with E-state index in [0.29, 0.717) is 36.8 Å². The predicted molar refractivity (Wildman–Crippen MR) is 82.6 cm³/mol. The molecule has 2 rings (SSSR count). The standard InChI is InChI=1S/C16H24N2O3/c1-3-20-12-7-6-10-18(11-12)16(19)13-8-5-9-14(17)15(13)21-4-2/h5,8-9,12H,3-4,6-7,10-11,17H2,1-2H3. The Morgan fingerprint density at radius 2 is 2.19 bits per heavy atom. The quantitative estimate of drug-likeness (QED) is 0.846. The zero-order valence-corrected chi connectivity index (χ0v) is 12.8. The molecule has 5 nitrogen and oxygen atoms in total. The van der Waals surface area contributed by atoms with E-state index in [-0.39, 0.29) is 12.0 Å². The smallest absolute Gasteiger partial charge is 0.257 e. The lowest BCUT2D eigenvalue weighted by Crippen LogP contribution is -2.43. The first kappa shape index (κ1) is 15.6.